The van der Waals surface area contributed by atoms with Crippen molar-refractivity contribution >= 4 is 5.91 Å². The van der Waals surface area contributed by atoms with Crippen LogP contribution in [0.4, 0.5) is 0 Å². The Hall–Kier alpha value is -0.610. The molecule has 2 unspecified atom stereocenters. The molecule has 1 amide bonds. The molecule has 2 atom stereocenters. The van der Waals surface area contributed by atoms with E-state index in [0.717, 1.165) is 32.1 Å². The molecular weight excluding hydrogens is 250 g/mol. The highest BCUT2D eigenvalue weighted by Crippen LogP contribution is 2.33. The molecule has 2 saturated heterocycles. The molecule has 3 fully saturated rings. The van der Waals surface area contributed by atoms with Gasteiger partial charge in [-0.1, -0.05) is 13.8 Å². The lowest BCUT2D eigenvalue weighted by atomic mass is 9.74. The van der Waals surface area contributed by atoms with Gasteiger partial charge in [-0.25, -0.2) is 0 Å². The number of likely N-dealkylation sites (tertiary alicyclic amines) is 1. The monoisotopic (exact) mass is 279 g/mol. The van der Waals surface area contributed by atoms with Crippen LogP contribution in [0.3, 0.4) is 0 Å². The van der Waals surface area contributed by atoms with Crippen LogP contribution in [0, 0.1) is 11.3 Å². The fourth-order valence-electron chi connectivity index (χ4n) is 3.70. The molecule has 0 bridgehead atoms. The smallest absolute Gasteiger partial charge is 0.226 e. The average Bonchev–Trinajstić information content (AvgIpc) is 3.20. The first-order valence-corrected chi connectivity index (χ1v) is 8.33. The molecule has 4 nitrogen and oxygen atoms in total. The summed E-state index contributed by atoms with van der Waals surface area (Å²) in [6.45, 7) is 8.56. The normalized spacial score (nSPS) is 32.3. The predicted octanol–water partition coefficient (Wildman–Crippen LogP) is 1.37. The Labute approximate surface area is 122 Å². The summed E-state index contributed by atoms with van der Waals surface area (Å²) < 4.78 is 0. The minimum atomic E-state index is -0.250. The lowest BCUT2D eigenvalue weighted by Gasteiger charge is -2.36. The van der Waals surface area contributed by atoms with E-state index in [0.29, 0.717) is 12.0 Å². The molecular formula is C16H29N3O. The first-order valence-electron chi connectivity index (χ1n) is 8.33. The number of hydrogen-bond acceptors (Lipinski definition) is 3. The van der Waals surface area contributed by atoms with Crippen LogP contribution in [0.1, 0.15) is 46.0 Å². The lowest BCUT2D eigenvalue weighted by molar-refractivity contribution is -0.133. The van der Waals surface area contributed by atoms with Crippen molar-refractivity contribution in [1.82, 2.24) is 15.5 Å². The van der Waals surface area contributed by atoms with Crippen molar-refractivity contribution in [1.29, 1.82) is 0 Å². The Kier molecular flexibility index (Phi) is 4.04. The molecule has 114 valence electrons. The van der Waals surface area contributed by atoms with E-state index in [4.69, 9.17) is 0 Å². The molecule has 0 aromatic heterocycles. The Morgan fingerprint density at radius 3 is 2.70 bits per heavy atom. The fourth-order valence-corrected chi connectivity index (χ4v) is 3.70. The Morgan fingerprint density at radius 2 is 2.05 bits per heavy atom. The van der Waals surface area contributed by atoms with Crippen molar-refractivity contribution in [3.63, 3.8) is 0 Å². The van der Waals surface area contributed by atoms with Crippen molar-refractivity contribution in [2.75, 3.05) is 26.2 Å². The molecule has 0 radical (unpaired) electrons. The van der Waals surface area contributed by atoms with Crippen LogP contribution in [0.25, 0.3) is 0 Å². The average molecular weight is 279 g/mol. The summed E-state index contributed by atoms with van der Waals surface area (Å²) in [5.74, 6) is 0.728. The summed E-state index contributed by atoms with van der Waals surface area (Å²) >= 11 is 0. The second-order valence-corrected chi connectivity index (χ2v) is 7.45. The minimum Gasteiger partial charge on any atom is -0.352 e. The van der Waals surface area contributed by atoms with E-state index in [1.165, 1.54) is 32.2 Å². The molecule has 3 aliphatic rings. The molecule has 0 spiro atoms. The summed E-state index contributed by atoms with van der Waals surface area (Å²) in [6, 6.07) is 1.20. The second kappa shape index (κ2) is 5.64. The van der Waals surface area contributed by atoms with E-state index in [9.17, 15) is 4.79 Å². The molecule has 4 heteroatoms. The molecule has 2 N–H and O–H groups in total. The number of nitrogens with zero attached hydrogens (tertiary/aromatic N) is 1. The molecule has 0 aromatic rings. The van der Waals surface area contributed by atoms with Gasteiger partial charge in [0.25, 0.3) is 0 Å². The number of nitrogens with one attached hydrogen (secondary N) is 2. The van der Waals surface area contributed by atoms with E-state index < -0.39 is 0 Å². The fraction of sp³-hybridized carbons (Fsp3) is 0.938. The molecule has 1 aliphatic carbocycles. The Balaban J connectivity index is 1.52. The highest BCUT2D eigenvalue weighted by molar-refractivity contribution is 5.82. The molecule has 20 heavy (non-hydrogen) atoms. The van der Waals surface area contributed by atoms with Gasteiger partial charge in [0.05, 0.1) is 0 Å². The van der Waals surface area contributed by atoms with Gasteiger partial charge in [0.1, 0.15) is 0 Å². The number of carbonyl (C=O) groups is 1. The third-order valence-corrected chi connectivity index (χ3v) is 5.52. The lowest BCUT2D eigenvalue weighted by Crippen LogP contribution is -2.50. The van der Waals surface area contributed by atoms with Crippen molar-refractivity contribution in [3.8, 4) is 0 Å². The number of hydrogen-bond donors (Lipinski definition) is 2. The van der Waals surface area contributed by atoms with Gasteiger partial charge in [-0.2, -0.15) is 0 Å². The Bertz CT molecular complexity index is 359. The van der Waals surface area contributed by atoms with Crippen molar-refractivity contribution in [2.45, 2.75) is 58.0 Å². The Morgan fingerprint density at radius 1 is 1.25 bits per heavy atom. The zero-order valence-corrected chi connectivity index (χ0v) is 13.0. The van der Waals surface area contributed by atoms with Gasteiger partial charge in [0.2, 0.25) is 5.91 Å². The predicted molar refractivity (Wildman–Crippen MR) is 80.5 cm³/mol. The van der Waals surface area contributed by atoms with Crippen LogP contribution in [-0.4, -0.2) is 49.1 Å². The van der Waals surface area contributed by atoms with Crippen LogP contribution in [-0.2, 0) is 4.79 Å². The molecule has 2 heterocycles. The van der Waals surface area contributed by atoms with Gasteiger partial charge < -0.3 is 10.6 Å². The molecule has 0 aromatic carbocycles. The minimum absolute atomic E-state index is 0.250. The summed E-state index contributed by atoms with van der Waals surface area (Å²) in [6.07, 6.45) is 6.22. The highest BCUT2D eigenvalue weighted by Gasteiger charge is 2.40. The summed E-state index contributed by atoms with van der Waals surface area (Å²) in [5.41, 5.74) is -0.250. The van der Waals surface area contributed by atoms with Crippen molar-refractivity contribution < 1.29 is 4.79 Å². The van der Waals surface area contributed by atoms with Crippen LogP contribution < -0.4 is 10.6 Å². The van der Waals surface area contributed by atoms with Crippen molar-refractivity contribution in [3.05, 3.63) is 0 Å². The number of rotatable bonds is 4. The third kappa shape index (κ3) is 3.01. The topological polar surface area (TPSA) is 44.4 Å². The number of piperidine rings is 1. The SMILES string of the molecule is CC(C)(C(=O)NC1CCN(C2CC2)C1)C1CCCNC1. The van der Waals surface area contributed by atoms with Gasteiger partial charge in [-0.3, -0.25) is 9.69 Å². The van der Waals surface area contributed by atoms with E-state index >= 15 is 0 Å². The van der Waals surface area contributed by atoms with Crippen LogP contribution in [0.5, 0.6) is 0 Å². The molecule has 1 saturated carbocycles. The standard InChI is InChI=1S/C16H29N3O/c1-16(2,12-4-3-8-17-10-12)15(20)18-13-7-9-19(11-13)14-5-6-14/h12-14,17H,3-11H2,1-2H3,(H,18,20). The zero-order chi connectivity index (χ0) is 14.2. The second-order valence-electron chi connectivity index (χ2n) is 7.45. The molecule has 2 aliphatic heterocycles. The highest BCUT2D eigenvalue weighted by atomic mass is 16.2. The summed E-state index contributed by atoms with van der Waals surface area (Å²) in [5, 5.41) is 6.75. The van der Waals surface area contributed by atoms with Crippen molar-refractivity contribution in [2.24, 2.45) is 11.3 Å². The molecule has 3 rings (SSSR count). The van der Waals surface area contributed by atoms with E-state index in [2.05, 4.69) is 29.4 Å². The van der Waals surface area contributed by atoms with Gasteiger partial charge in [0.15, 0.2) is 0 Å². The van der Waals surface area contributed by atoms with E-state index in [-0.39, 0.29) is 11.3 Å². The van der Waals surface area contributed by atoms with E-state index in [1.807, 2.05) is 0 Å². The first kappa shape index (κ1) is 14.3. The first-order chi connectivity index (χ1) is 9.57. The zero-order valence-electron chi connectivity index (χ0n) is 13.0. The summed E-state index contributed by atoms with van der Waals surface area (Å²) in [7, 11) is 0. The van der Waals surface area contributed by atoms with Gasteiger partial charge in [0, 0.05) is 30.6 Å². The van der Waals surface area contributed by atoms with E-state index in [1.54, 1.807) is 0 Å². The van der Waals surface area contributed by atoms with Crippen LogP contribution >= 0.6 is 0 Å². The largest absolute Gasteiger partial charge is 0.352 e. The third-order valence-electron chi connectivity index (χ3n) is 5.52. The van der Waals surface area contributed by atoms with Crippen LogP contribution in [0.15, 0.2) is 0 Å². The van der Waals surface area contributed by atoms with Gasteiger partial charge in [-0.05, 0) is 51.1 Å². The van der Waals surface area contributed by atoms with Gasteiger partial charge in [-0.15, -0.1) is 0 Å². The van der Waals surface area contributed by atoms with Crippen LogP contribution in [0.2, 0.25) is 0 Å². The number of carbonyl (C=O) groups excluding carboxylic acids is 1. The number of amides is 1. The maximum Gasteiger partial charge on any atom is 0.226 e. The van der Waals surface area contributed by atoms with Gasteiger partial charge >= 0.3 is 0 Å². The summed E-state index contributed by atoms with van der Waals surface area (Å²) in [4.78, 5) is 15.2. The maximum absolute atomic E-state index is 12.7. The quantitative estimate of drug-likeness (QED) is 0.817. The maximum atomic E-state index is 12.7.